The lowest BCUT2D eigenvalue weighted by Gasteiger charge is -2.30. The average molecular weight is 375 g/mol. The van der Waals surface area contributed by atoms with Crippen LogP contribution >= 0.6 is 0 Å². The van der Waals surface area contributed by atoms with Crippen LogP contribution in [0.2, 0.25) is 0 Å². The van der Waals surface area contributed by atoms with Gasteiger partial charge in [-0.25, -0.2) is 0 Å². The average Bonchev–Trinajstić information content (AvgIpc) is 2.70. The Kier molecular flexibility index (Phi) is 7.10. The molecule has 1 saturated carbocycles. The highest BCUT2D eigenvalue weighted by Crippen LogP contribution is 2.17. The third-order valence-corrected chi connectivity index (χ3v) is 5.76. The summed E-state index contributed by atoms with van der Waals surface area (Å²) in [6.45, 7) is 2.40. The van der Waals surface area contributed by atoms with Crippen molar-refractivity contribution >= 4 is 11.8 Å². The number of carbonyl (C=O) groups excluding carboxylic acids is 2. The van der Waals surface area contributed by atoms with Crippen LogP contribution in [0, 0.1) is 0 Å². The molecule has 3 rings (SSSR count). The second-order valence-electron chi connectivity index (χ2n) is 7.81. The van der Waals surface area contributed by atoms with E-state index in [0.29, 0.717) is 18.2 Å². The van der Waals surface area contributed by atoms with E-state index in [-0.39, 0.29) is 17.9 Å². The molecule has 1 aromatic rings. The molecule has 1 aliphatic heterocycles. The molecule has 6 heteroatoms. The number of hydrogen-bond donors (Lipinski definition) is 3. The maximum Gasteiger partial charge on any atom is 0.275 e. The summed E-state index contributed by atoms with van der Waals surface area (Å²) >= 11 is 0. The topological polar surface area (TPSA) is 71.9 Å². The van der Waals surface area contributed by atoms with Crippen molar-refractivity contribution in [1.29, 1.82) is 0 Å². The standard InChI is InChI=1S/C21H31N3O3/c1-27-19-9-7-16(8-10-19)21(26)23-18-11-13-24(14-12-18)15-20(25)22-17-5-3-2-4-6-17/h7-10,17-18H,2-6,11-15H2,1H3,(H,22,25)(H,23,26)/p+1. The van der Waals surface area contributed by atoms with Crippen LogP contribution in [0.15, 0.2) is 24.3 Å². The summed E-state index contributed by atoms with van der Waals surface area (Å²) in [5.74, 6) is 0.883. The Balaban J connectivity index is 1.37. The van der Waals surface area contributed by atoms with Crippen molar-refractivity contribution in [1.82, 2.24) is 10.6 Å². The number of quaternary nitrogens is 1. The minimum absolute atomic E-state index is 0.0406. The number of rotatable bonds is 6. The summed E-state index contributed by atoms with van der Waals surface area (Å²) in [5.41, 5.74) is 0.650. The minimum Gasteiger partial charge on any atom is -0.497 e. The van der Waals surface area contributed by atoms with Gasteiger partial charge in [-0.05, 0) is 37.1 Å². The first-order chi connectivity index (χ1) is 13.1. The molecule has 2 amide bonds. The summed E-state index contributed by atoms with van der Waals surface area (Å²) in [7, 11) is 1.61. The molecular weight excluding hydrogens is 342 g/mol. The quantitative estimate of drug-likeness (QED) is 0.693. The molecule has 2 fully saturated rings. The predicted octanol–water partition coefficient (Wildman–Crippen LogP) is 0.921. The van der Waals surface area contributed by atoms with Crippen molar-refractivity contribution in [2.45, 2.75) is 57.0 Å². The van der Waals surface area contributed by atoms with Gasteiger partial charge in [-0.1, -0.05) is 19.3 Å². The summed E-state index contributed by atoms with van der Waals surface area (Å²) in [5, 5.41) is 6.32. The van der Waals surface area contributed by atoms with E-state index in [4.69, 9.17) is 4.74 Å². The van der Waals surface area contributed by atoms with Gasteiger partial charge in [0.2, 0.25) is 0 Å². The van der Waals surface area contributed by atoms with Gasteiger partial charge in [-0.15, -0.1) is 0 Å². The highest BCUT2D eigenvalue weighted by atomic mass is 16.5. The van der Waals surface area contributed by atoms with Crippen LogP contribution in [-0.2, 0) is 4.79 Å². The predicted molar refractivity (Wildman–Crippen MR) is 104 cm³/mol. The maximum absolute atomic E-state index is 12.4. The van der Waals surface area contributed by atoms with Gasteiger partial charge in [0.25, 0.3) is 11.8 Å². The van der Waals surface area contributed by atoms with E-state index in [2.05, 4.69) is 10.6 Å². The highest BCUT2D eigenvalue weighted by Gasteiger charge is 2.26. The molecule has 0 radical (unpaired) electrons. The molecular formula is C21H32N3O3+. The second kappa shape index (κ2) is 9.74. The van der Waals surface area contributed by atoms with Crippen LogP contribution in [-0.4, -0.2) is 50.6 Å². The zero-order valence-corrected chi connectivity index (χ0v) is 16.3. The van der Waals surface area contributed by atoms with Gasteiger partial charge in [0.05, 0.1) is 20.2 Å². The van der Waals surface area contributed by atoms with E-state index >= 15 is 0 Å². The molecule has 1 heterocycles. The van der Waals surface area contributed by atoms with Crippen LogP contribution in [0.1, 0.15) is 55.3 Å². The molecule has 0 bridgehead atoms. The fourth-order valence-electron chi connectivity index (χ4n) is 4.11. The molecule has 2 aliphatic rings. The third kappa shape index (κ3) is 5.96. The number of ether oxygens (including phenoxy) is 1. The van der Waals surface area contributed by atoms with Crippen LogP contribution in [0.3, 0.4) is 0 Å². The molecule has 0 unspecified atom stereocenters. The Hall–Kier alpha value is -2.08. The number of methoxy groups -OCH3 is 1. The molecule has 148 valence electrons. The van der Waals surface area contributed by atoms with Gasteiger partial charge < -0.3 is 20.3 Å². The van der Waals surface area contributed by atoms with Crippen LogP contribution in [0.25, 0.3) is 0 Å². The number of piperidine rings is 1. The molecule has 1 saturated heterocycles. The van der Waals surface area contributed by atoms with E-state index in [0.717, 1.165) is 44.5 Å². The van der Waals surface area contributed by atoms with Gasteiger partial charge in [0.1, 0.15) is 5.75 Å². The van der Waals surface area contributed by atoms with Crippen molar-refractivity contribution in [3.63, 3.8) is 0 Å². The van der Waals surface area contributed by atoms with E-state index in [1.807, 2.05) is 0 Å². The lowest BCUT2D eigenvalue weighted by molar-refractivity contribution is -0.897. The first kappa shape index (κ1) is 19.7. The summed E-state index contributed by atoms with van der Waals surface area (Å²) < 4.78 is 5.12. The van der Waals surface area contributed by atoms with Gasteiger partial charge in [-0.2, -0.15) is 0 Å². The molecule has 3 N–H and O–H groups in total. The number of likely N-dealkylation sites (tertiary alicyclic amines) is 1. The van der Waals surface area contributed by atoms with Gasteiger partial charge in [0, 0.05) is 30.5 Å². The number of amides is 2. The number of hydrogen-bond acceptors (Lipinski definition) is 3. The Morgan fingerprint density at radius 1 is 0.963 bits per heavy atom. The fourth-order valence-corrected chi connectivity index (χ4v) is 4.11. The fraction of sp³-hybridized carbons (Fsp3) is 0.619. The van der Waals surface area contributed by atoms with Crippen LogP contribution in [0.4, 0.5) is 0 Å². The molecule has 1 aliphatic carbocycles. The summed E-state index contributed by atoms with van der Waals surface area (Å²) in [6, 6.07) is 7.73. The van der Waals surface area contributed by atoms with Crippen molar-refractivity contribution in [3.8, 4) is 5.75 Å². The first-order valence-electron chi connectivity index (χ1n) is 10.2. The Bertz CT molecular complexity index is 618. The molecule has 27 heavy (non-hydrogen) atoms. The molecule has 1 aromatic carbocycles. The normalized spacial score (nSPS) is 23.4. The Labute approximate surface area is 161 Å². The summed E-state index contributed by atoms with van der Waals surface area (Å²) in [6.07, 6.45) is 7.84. The van der Waals surface area contributed by atoms with Gasteiger partial charge in [-0.3, -0.25) is 9.59 Å². The third-order valence-electron chi connectivity index (χ3n) is 5.76. The smallest absolute Gasteiger partial charge is 0.275 e. The Morgan fingerprint density at radius 3 is 2.22 bits per heavy atom. The van der Waals surface area contributed by atoms with Crippen molar-refractivity contribution in [2.24, 2.45) is 0 Å². The molecule has 6 nitrogen and oxygen atoms in total. The minimum atomic E-state index is -0.0406. The lowest BCUT2D eigenvalue weighted by Crippen LogP contribution is -3.14. The van der Waals surface area contributed by atoms with Crippen LogP contribution in [0.5, 0.6) is 5.75 Å². The van der Waals surface area contributed by atoms with Crippen molar-refractivity contribution in [2.75, 3.05) is 26.7 Å². The largest absolute Gasteiger partial charge is 0.497 e. The zero-order chi connectivity index (χ0) is 19.1. The van der Waals surface area contributed by atoms with E-state index < -0.39 is 0 Å². The monoisotopic (exact) mass is 374 g/mol. The number of nitrogens with one attached hydrogen (secondary N) is 3. The van der Waals surface area contributed by atoms with E-state index in [1.165, 1.54) is 24.2 Å². The molecule has 0 spiro atoms. The number of carbonyl (C=O) groups is 2. The summed E-state index contributed by atoms with van der Waals surface area (Å²) in [4.78, 5) is 26.0. The van der Waals surface area contributed by atoms with E-state index in [1.54, 1.807) is 31.4 Å². The molecule has 0 atom stereocenters. The highest BCUT2D eigenvalue weighted by molar-refractivity contribution is 5.94. The van der Waals surface area contributed by atoms with Crippen molar-refractivity contribution in [3.05, 3.63) is 29.8 Å². The number of benzene rings is 1. The second-order valence-corrected chi connectivity index (χ2v) is 7.81. The maximum atomic E-state index is 12.4. The van der Waals surface area contributed by atoms with Gasteiger partial charge >= 0.3 is 0 Å². The zero-order valence-electron chi connectivity index (χ0n) is 16.3. The SMILES string of the molecule is COc1ccc(C(=O)NC2CC[NH+](CC(=O)NC3CCCCC3)CC2)cc1. The molecule has 0 aromatic heterocycles. The first-order valence-corrected chi connectivity index (χ1v) is 10.2. The van der Waals surface area contributed by atoms with E-state index in [9.17, 15) is 9.59 Å². The van der Waals surface area contributed by atoms with Crippen molar-refractivity contribution < 1.29 is 19.2 Å². The lowest BCUT2D eigenvalue weighted by atomic mass is 9.95. The van der Waals surface area contributed by atoms with Gasteiger partial charge in [0.15, 0.2) is 6.54 Å². The Morgan fingerprint density at radius 2 is 1.59 bits per heavy atom. The van der Waals surface area contributed by atoms with Crippen LogP contribution < -0.4 is 20.3 Å².